The Hall–Kier alpha value is -8.21. The van der Waals surface area contributed by atoms with Crippen LogP contribution >= 0.6 is 8.25 Å². The third-order valence-electron chi connectivity index (χ3n) is 15.6. The van der Waals surface area contributed by atoms with E-state index in [-0.39, 0.29) is 11.6 Å². The van der Waals surface area contributed by atoms with Crippen molar-refractivity contribution in [1.29, 1.82) is 0 Å². The Morgan fingerprint density at radius 2 is 0.780 bits per heavy atom. The fraction of sp³-hybridized carbons (Fsp3) is 0.267. The third kappa shape index (κ3) is 9.38. The van der Waals surface area contributed by atoms with E-state index in [1.165, 1.54) is 53.0 Å². The Labute approximate surface area is 471 Å². The number of nitrogens with zero attached hydrogens (tertiary/aromatic N) is 4. The maximum atomic E-state index is 15.3. The van der Waals surface area contributed by atoms with Crippen LogP contribution in [0.2, 0.25) is 0 Å². The molecule has 2 aromatic heterocycles. The van der Waals surface area contributed by atoms with Gasteiger partial charge in [0.05, 0.1) is 65.3 Å². The van der Waals surface area contributed by atoms with E-state index in [2.05, 4.69) is 9.97 Å². The number of nitrogen functional groups attached to an aromatic ring is 2. The average molecular weight is 1140 g/mol. The summed E-state index contributed by atoms with van der Waals surface area (Å²) in [5.41, 5.74) is 5.09. The molecule has 2 saturated heterocycles. The topological polar surface area (TPSA) is 294 Å². The standard InChI is InChI=1S/C60H61N6O15P/c1-74-45-23-15-41(16-24-45)59(39-11-7-5-8-12-39,42-17-25-46(75-2)26-18-42)57(65-33-31-51(61)63-53(65)69)37-55(71,49(35-67)78-57)80-82(73)81-56(72)38-58(79-50(56)36-68,66-34-32-52(62)64-54(66)70)60(40-13-9-6-10-14-40,43-19-27-47(76-3)28-20-43)44-21-29-48(77-4)30-22-44/h5-34,49-50,67-68,71-72,82H,35-38H2,1-4H3,(H2,61,63,69)(H2,62,64,70)/t49-,50-,55-,56-,57+,58+/m1/s1. The Morgan fingerprint density at radius 1 is 0.500 bits per heavy atom. The molecule has 21 nitrogen and oxygen atoms in total. The number of aliphatic hydroxyl groups is 4. The van der Waals surface area contributed by atoms with Gasteiger partial charge in [-0.15, -0.1) is 0 Å². The Kier molecular flexibility index (Phi) is 15.7. The van der Waals surface area contributed by atoms with Crippen molar-refractivity contribution in [1.82, 2.24) is 19.1 Å². The number of methoxy groups -OCH3 is 4. The maximum absolute atomic E-state index is 15.3. The van der Waals surface area contributed by atoms with E-state index in [9.17, 15) is 30.0 Å². The number of hydrogen-bond acceptors (Lipinski definition) is 19. The van der Waals surface area contributed by atoms with Crippen LogP contribution in [0.5, 0.6) is 23.0 Å². The molecule has 0 bridgehead atoms. The van der Waals surface area contributed by atoms with E-state index in [0.717, 1.165) is 9.13 Å². The number of rotatable bonds is 20. The zero-order chi connectivity index (χ0) is 58.1. The highest BCUT2D eigenvalue weighted by molar-refractivity contribution is 7.33. The fourth-order valence-corrected chi connectivity index (χ4v) is 13.1. The molecule has 6 atom stereocenters. The van der Waals surface area contributed by atoms with Gasteiger partial charge in [-0.1, -0.05) is 109 Å². The second kappa shape index (κ2) is 22.6. The lowest BCUT2D eigenvalue weighted by atomic mass is 9.61. The van der Waals surface area contributed by atoms with Crippen molar-refractivity contribution < 1.29 is 62.5 Å². The summed E-state index contributed by atoms with van der Waals surface area (Å²) in [6, 6.07) is 48.2. The van der Waals surface area contributed by atoms with Crippen LogP contribution in [0.1, 0.15) is 46.2 Å². The molecule has 0 amide bonds. The summed E-state index contributed by atoms with van der Waals surface area (Å²) in [5.74, 6) is -4.19. The van der Waals surface area contributed by atoms with Gasteiger partial charge in [-0.3, -0.25) is 22.7 Å². The van der Waals surface area contributed by atoms with Gasteiger partial charge in [-0.25, -0.2) is 9.59 Å². The molecule has 0 radical (unpaired) electrons. The molecule has 2 aliphatic rings. The molecule has 2 fully saturated rings. The molecule has 82 heavy (non-hydrogen) atoms. The molecule has 8 N–H and O–H groups in total. The van der Waals surface area contributed by atoms with Crippen molar-refractivity contribution in [2.45, 2.75) is 58.9 Å². The number of nitrogens with two attached hydrogens (primary N) is 2. The van der Waals surface area contributed by atoms with Crippen molar-refractivity contribution in [2.24, 2.45) is 0 Å². The lowest BCUT2D eigenvalue weighted by Crippen LogP contribution is -2.58. The minimum atomic E-state index is -4.41. The Balaban J connectivity index is 1.16. The number of hydrogen-bond donors (Lipinski definition) is 6. The van der Waals surface area contributed by atoms with Gasteiger partial charge in [0.1, 0.15) is 46.8 Å². The predicted octanol–water partition coefficient (Wildman–Crippen LogP) is 5.44. The van der Waals surface area contributed by atoms with E-state index < -0.39 is 91.8 Å². The molecule has 0 unspecified atom stereocenters. The van der Waals surface area contributed by atoms with Crippen molar-refractivity contribution >= 4 is 19.9 Å². The maximum Gasteiger partial charge on any atom is 0.351 e. The SMILES string of the molecule is COc1ccc(C(c2ccccc2)(c2ccc(OC)cc2)[C@]2(n3ccc(N)nc3=O)C[C@@](O)(O[PH](=O)O[C@]3(O)C[C@@](n4ccc(N)nc4=O)(C(c4ccccc4)(c4ccc(OC)cc4)c4ccc(OC)cc4)O[C@@H]3CO)[C@@H](CO)O2)cc1. The van der Waals surface area contributed by atoms with Crippen LogP contribution < -0.4 is 41.8 Å². The molecule has 0 saturated carbocycles. The molecule has 10 rings (SSSR count). The number of benzene rings is 6. The van der Waals surface area contributed by atoms with Crippen LogP contribution in [-0.4, -0.2) is 105 Å². The summed E-state index contributed by atoms with van der Waals surface area (Å²) in [4.78, 5) is 37.6. The molecule has 2 aliphatic heterocycles. The minimum absolute atomic E-state index is 0.147. The first-order valence-electron chi connectivity index (χ1n) is 25.9. The summed E-state index contributed by atoms with van der Waals surface area (Å²) < 4.78 is 66.4. The number of aromatic nitrogens is 4. The molecule has 4 heterocycles. The lowest BCUT2D eigenvalue weighted by molar-refractivity contribution is -0.217. The van der Waals surface area contributed by atoms with E-state index in [4.69, 9.17) is 48.9 Å². The molecule has 0 spiro atoms. The smallest absolute Gasteiger partial charge is 0.351 e. The first kappa shape index (κ1) is 57.0. The molecule has 22 heteroatoms. The van der Waals surface area contributed by atoms with Gasteiger partial charge in [0.15, 0.2) is 11.4 Å². The number of aliphatic hydroxyl groups excluding tert-OH is 2. The summed E-state index contributed by atoms with van der Waals surface area (Å²) in [7, 11) is 1.62. The lowest BCUT2D eigenvalue weighted by Gasteiger charge is -2.50. The summed E-state index contributed by atoms with van der Waals surface area (Å²) in [5, 5.41) is 49.5. The van der Waals surface area contributed by atoms with Crippen LogP contribution in [0, 0.1) is 0 Å². The van der Waals surface area contributed by atoms with Crippen molar-refractivity contribution in [3.8, 4) is 23.0 Å². The van der Waals surface area contributed by atoms with E-state index in [0.29, 0.717) is 56.4 Å². The molecule has 6 aromatic carbocycles. The van der Waals surface area contributed by atoms with Gasteiger partial charge >= 0.3 is 19.6 Å². The average Bonchev–Trinajstić information content (AvgIpc) is 1.64. The van der Waals surface area contributed by atoms with Crippen molar-refractivity contribution in [3.63, 3.8) is 0 Å². The van der Waals surface area contributed by atoms with Gasteiger partial charge in [-0.05, 0) is 94.0 Å². The summed E-state index contributed by atoms with van der Waals surface area (Å²) in [6.07, 6.45) is -2.73. The van der Waals surface area contributed by atoms with Crippen LogP contribution in [0.4, 0.5) is 11.6 Å². The molecule has 426 valence electrons. The zero-order valence-corrected chi connectivity index (χ0v) is 46.0. The molecular weight excluding hydrogens is 1080 g/mol. The predicted molar refractivity (Wildman–Crippen MR) is 301 cm³/mol. The van der Waals surface area contributed by atoms with E-state index in [1.54, 1.807) is 158 Å². The van der Waals surface area contributed by atoms with Crippen LogP contribution in [0.3, 0.4) is 0 Å². The van der Waals surface area contributed by atoms with E-state index >= 15 is 4.57 Å². The normalized spacial score (nSPS) is 22.7. The monoisotopic (exact) mass is 1140 g/mol. The van der Waals surface area contributed by atoms with Crippen molar-refractivity contribution in [2.75, 3.05) is 53.1 Å². The largest absolute Gasteiger partial charge is 0.497 e. The van der Waals surface area contributed by atoms with Crippen molar-refractivity contribution in [3.05, 3.63) is 237 Å². The van der Waals surface area contributed by atoms with Gasteiger partial charge in [0.2, 0.25) is 11.6 Å². The fourth-order valence-electron chi connectivity index (χ4n) is 12.1. The van der Waals surface area contributed by atoms with Crippen LogP contribution in [0.25, 0.3) is 0 Å². The minimum Gasteiger partial charge on any atom is -0.497 e. The second-order valence-electron chi connectivity index (χ2n) is 19.8. The van der Waals surface area contributed by atoms with Gasteiger partial charge in [-0.2, -0.15) is 9.97 Å². The third-order valence-corrected chi connectivity index (χ3v) is 16.7. The Morgan fingerprint density at radius 3 is 1.04 bits per heavy atom. The second-order valence-corrected chi connectivity index (χ2v) is 20.7. The first-order chi connectivity index (χ1) is 39.5. The zero-order valence-electron chi connectivity index (χ0n) is 45.0. The Bertz CT molecular complexity index is 3340. The molecule has 8 aromatic rings. The van der Waals surface area contributed by atoms with Crippen LogP contribution in [-0.2, 0) is 45.4 Å². The van der Waals surface area contributed by atoms with Gasteiger partial charge < -0.3 is 60.3 Å². The number of ether oxygens (including phenoxy) is 6. The van der Waals surface area contributed by atoms with Gasteiger partial charge in [0.25, 0.3) is 0 Å². The molecule has 0 aliphatic carbocycles. The van der Waals surface area contributed by atoms with Crippen LogP contribution in [0.15, 0.2) is 192 Å². The van der Waals surface area contributed by atoms with E-state index in [1.807, 2.05) is 0 Å². The summed E-state index contributed by atoms with van der Waals surface area (Å²) >= 11 is 0. The van der Waals surface area contributed by atoms with Gasteiger partial charge in [0, 0.05) is 12.4 Å². The number of anilines is 2. The molecular formula is C60H61N6O15P. The first-order valence-corrected chi connectivity index (χ1v) is 27.1. The highest BCUT2D eigenvalue weighted by Gasteiger charge is 2.71. The summed E-state index contributed by atoms with van der Waals surface area (Å²) in [6.45, 7) is -2.04. The quantitative estimate of drug-likeness (QED) is 0.0315. The highest BCUT2D eigenvalue weighted by Crippen LogP contribution is 2.63. The highest BCUT2D eigenvalue weighted by atomic mass is 31.1.